The van der Waals surface area contributed by atoms with Crippen molar-refractivity contribution in [3.05, 3.63) is 10.3 Å². The van der Waals surface area contributed by atoms with Gasteiger partial charge in [-0.2, -0.15) is 0 Å². The standard InChI is InChI=1S/C7H11BrN4/c1-3(2)7-11-5(9)4(8)6(10)12-7/h3H,1-2H3,(H4,9,10,11,12). The monoisotopic (exact) mass is 230 g/mol. The summed E-state index contributed by atoms with van der Waals surface area (Å²) in [5, 5.41) is 0. The Labute approximate surface area is 79.5 Å². The Kier molecular flexibility index (Phi) is 2.52. The Morgan fingerprint density at radius 1 is 1.17 bits per heavy atom. The van der Waals surface area contributed by atoms with E-state index in [1.165, 1.54) is 0 Å². The molecule has 4 nitrogen and oxygen atoms in total. The maximum atomic E-state index is 5.58. The van der Waals surface area contributed by atoms with E-state index in [2.05, 4.69) is 25.9 Å². The van der Waals surface area contributed by atoms with Crippen molar-refractivity contribution in [3.8, 4) is 0 Å². The van der Waals surface area contributed by atoms with Crippen molar-refractivity contribution in [2.75, 3.05) is 11.5 Å². The first-order valence-corrected chi connectivity index (χ1v) is 4.40. The number of anilines is 2. The van der Waals surface area contributed by atoms with Gasteiger partial charge in [0, 0.05) is 5.92 Å². The Morgan fingerprint density at radius 3 is 1.92 bits per heavy atom. The lowest BCUT2D eigenvalue weighted by molar-refractivity contribution is 0.778. The van der Waals surface area contributed by atoms with Crippen molar-refractivity contribution in [2.45, 2.75) is 19.8 Å². The number of halogens is 1. The van der Waals surface area contributed by atoms with E-state index in [1.54, 1.807) is 0 Å². The maximum Gasteiger partial charge on any atom is 0.143 e. The molecule has 0 aliphatic carbocycles. The number of rotatable bonds is 1. The SMILES string of the molecule is CC(C)c1nc(N)c(Br)c(N)n1. The van der Waals surface area contributed by atoms with E-state index in [1.807, 2.05) is 13.8 Å². The molecule has 0 aromatic carbocycles. The first-order valence-electron chi connectivity index (χ1n) is 3.60. The van der Waals surface area contributed by atoms with Crippen molar-refractivity contribution >= 4 is 27.6 Å². The van der Waals surface area contributed by atoms with Crippen molar-refractivity contribution in [1.82, 2.24) is 9.97 Å². The second kappa shape index (κ2) is 3.26. The third-order valence-electron chi connectivity index (χ3n) is 1.44. The van der Waals surface area contributed by atoms with Gasteiger partial charge in [0.15, 0.2) is 0 Å². The topological polar surface area (TPSA) is 77.8 Å². The highest BCUT2D eigenvalue weighted by Gasteiger charge is 2.09. The van der Waals surface area contributed by atoms with Crippen molar-refractivity contribution in [1.29, 1.82) is 0 Å². The summed E-state index contributed by atoms with van der Waals surface area (Å²) in [6.07, 6.45) is 0. The molecule has 1 aromatic heterocycles. The molecule has 0 atom stereocenters. The lowest BCUT2D eigenvalue weighted by atomic mass is 10.2. The zero-order valence-electron chi connectivity index (χ0n) is 7.00. The van der Waals surface area contributed by atoms with E-state index in [4.69, 9.17) is 11.5 Å². The second-order valence-electron chi connectivity index (χ2n) is 2.82. The summed E-state index contributed by atoms with van der Waals surface area (Å²) >= 11 is 3.19. The van der Waals surface area contributed by atoms with Crippen LogP contribution in [-0.2, 0) is 0 Å². The first-order chi connectivity index (χ1) is 5.52. The van der Waals surface area contributed by atoms with Gasteiger partial charge in [0.25, 0.3) is 0 Å². The maximum absolute atomic E-state index is 5.58. The zero-order valence-corrected chi connectivity index (χ0v) is 8.59. The molecular formula is C7H11BrN4. The molecule has 0 radical (unpaired) electrons. The molecule has 5 heteroatoms. The van der Waals surface area contributed by atoms with Crippen LogP contribution in [0.2, 0.25) is 0 Å². The van der Waals surface area contributed by atoms with Crippen LogP contribution in [0.5, 0.6) is 0 Å². The summed E-state index contributed by atoms with van der Waals surface area (Å²) in [5.74, 6) is 1.70. The molecule has 0 saturated carbocycles. The molecule has 0 aliphatic rings. The molecule has 0 bridgehead atoms. The highest BCUT2D eigenvalue weighted by molar-refractivity contribution is 9.10. The molecule has 12 heavy (non-hydrogen) atoms. The number of nitrogens with two attached hydrogens (primary N) is 2. The molecule has 0 fully saturated rings. The van der Waals surface area contributed by atoms with E-state index < -0.39 is 0 Å². The van der Waals surface area contributed by atoms with Crippen LogP contribution in [0.25, 0.3) is 0 Å². The molecule has 1 rings (SSSR count). The fourth-order valence-corrected chi connectivity index (χ4v) is 0.937. The van der Waals surface area contributed by atoms with Gasteiger partial charge in [0.2, 0.25) is 0 Å². The number of hydrogen-bond donors (Lipinski definition) is 2. The Hall–Kier alpha value is -0.840. The second-order valence-corrected chi connectivity index (χ2v) is 3.61. The van der Waals surface area contributed by atoms with Gasteiger partial charge in [-0.1, -0.05) is 13.8 Å². The van der Waals surface area contributed by atoms with Crippen LogP contribution in [0.4, 0.5) is 11.6 Å². The van der Waals surface area contributed by atoms with Gasteiger partial charge in [-0.25, -0.2) is 9.97 Å². The highest BCUT2D eigenvalue weighted by atomic mass is 79.9. The van der Waals surface area contributed by atoms with Gasteiger partial charge < -0.3 is 11.5 Å². The molecule has 0 aliphatic heterocycles. The Bertz CT molecular complexity index is 274. The van der Waals surface area contributed by atoms with Crippen molar-refractivity contribution in [2.24, 2.45) is 0 Å². The van der Waals surface area contributed by atoms with E-state index >= 15 is 0 Å². The molecule has 1 aromatic rings. The molecule has 1 heterocycles. The first kappa shape index (κ1) is 9.25. The summed E-state index contributed by atoms with van der Waals surface area (Å²) in [6.45, 7) is 3.98. The van der Waals surface area contributed by atoms with Crippen LogP contribution in [-0.4, -0.2) is 9.97 Å². The van der Waals surface area contributed by atoms with Crippen LogP contribution in [0.15, 0.2) is 4.47 Å². The van der Waals surface area contributed by atoms with Gasteiger partial charge in [-0.05, 0) is 15.9 Å². The lowest BCUT2D eigenvalue weighted by Crippen LogP contribution is -2.06. The van der Waals surface area contributed by atoms with E-state index in [9.17, 15) is 0 Å². The fourth-order valence-electron chi connectivity index (χ4n) is 0.759. The van der Waals surface area contributed by atoms with Crippen LogP contribution >= 0.6 is 15.9 Å². The predicted molar refractivity (Wildman–Crippen MR) is 52.6 cm³/mol. The summed E-state index contributed by atoms with van der Waals surface area (Å²) in [5.41, 5.74) is 11.2. The smallest absolute Gasteiger partial charge is 0.143 e. The van der Waals surface area contributed by atoms with Gasteiger partial charge in [-0.15, -0.1) is 0 Å². The molecule has 4 N–H and O–H groups in total. The molecule has 0 saturated heterocycles. The third-order valence-corrected chi connectivity index (χ3v) is 2.25. The zero-order chi connectivity index (χ0) is 9.30. The molecule has 0 unspecified atom stereocenters. The summed E-state index contributed by atoms with van der Waals surface area (Å²) in [7, 11) is 0. The van der Waals surface area contributed by atoms with Crippen LogP contribution in [0.1, 0.15) is 25.6 Å². The van der Waals surface area contributed by atoms with Crippen LogP contribution < -0.4 is 11.5 Å². The quantitative estimate of drug-likeness (QED) is 0.768. The minimum absolute atomic E-state index is 0.239. The lowest BCUT2D eigenvalue weighted by Gasteiger charge is -2.07. The third kappa shape index (κ3) is 1.66. The number of nitrogens with zero attached hydrogens (tertiary/aromatic N) is 2. The molecule has 0 spiro atoms. The minimum Gasteiger partial charge on any atom is -0.383 e. The number of hydrogen-bond acceptors (Lipinski definition) is 4. The van der Waals surface area contributed by atoms with Gasteiger partial charge in [-0.3, -0.25) is 0 Å². The average Bonchev–Trinajstić information content (AvgIpc) is 1.99. The molecular weight excluding hydrogens is 220 g/mol. The van der Waals surface area contributed by atoms with E-state index in [0.29, 0.717) is 21.9 Å². The van der Waals surface area contributed by atoms with E-state index in [0.717, 1.165) is 0 Å². The number of aromatic nitrogens is 2. The number of nitrogen functional groups attached to an aromatic ring is 2. The Morgan fingerprint density at radius 2 is 1.58 bits per heavy atom. The van der Waals surface area contributed by atoms with Crippen molar-refractivity contribution in [3.63, 3.8) is 0 Å². The van der Waals surface area contributed by atoms with Gasteiger partial charge in [0.1, 0.15) is 21.9 Å². The summed E-state index contributed by atoms with van der Waals surface area (Å²) in [6, 6.07) is 0. The molecule has 0 amide bonds. The largest absolute Gasteiger partial charge is 0.383 e. The highest BCUT2D eigenvalue weighted by Crippen LogP contribution is 2.24. The summed E-state index contributed by atoms with van der Waals surface area (Å²) < 4.78 is 0.576. The van der Waals surface area contributed by atoms with Gasteiger partial charge in [0.05, 0.1) is 0 Å². The predicted octanol–water partition coefficient (Wildman–Crippen LogP) is 1.53. The average molecular weight is 231 g/mol. The van der Waals surface area contributed by atoms with Crippen LogP contribution in [0, 0.1) is 0 Å². The van der Waals surface area contributed by atoms with Crippen molar-refractivity contribution < 1.29 is 0 Å². The normalized spacial score (nSPS) is 10.7. The molecule has 66 valence electrons. The van der Waals surface area contributed by atoms with Crippen LogP contribution in [0.3, 0.4) is 0 Å². The minimum atomic E-state index is 0.239. The fraction of sp³-hybridized carbons (Fsp3) is 0.429. The van der Waals surface area contributed by atoms with E-state index in [-0.39, 0.29) is 5.92 Å². The Balaban J connectivity index is 3.21. The van der Waals surface area contributed by atoms with Gasteiger partial charge >= 0.3 is 0 Å². The summed E-state index contributed by atoms with van der Waals surface area (Å²) in [4.78, 5) is 8.15.